The molecule has 18 heavy (non-hydrogen) atoms. The molecule has 1 aliphatic carbocycles. The maximum Gasteiger partial charge on any atom is 0.129 e. The number of nitrogens with zero attached hydrogens (tertiary/aromatic N) is 2. The van der Waals surface area contributed by atoms with Crippen LogP contribution in [0.2, 0.25) is 0 Å². The van der Waals surface area contributed by atoms with Crippen molar-refractivity contribution in [3.05, 3.63) is 23.4 Å². The van der Waals surface area contributed by atoms with Gasteiger partial charge in [-0.1, -0.05) is 6.42 Å². The number of rotatable bonds is 2. The molecule has 2 aliphatic rings. The van der Waals surface area contributed by atoms with Crippen LogP contribution in [0.1, 0.15) is 43.4 Å². The van der Waals surface area contributed by atoms with Gasteiger partial charge in [0.05, 0.1) is 0 Å². The van der Waals surface area contributed by atoms with Gasteiger partial charge in [0.15, 0.2) is 0 Å². The van der Waals surface area contributed by atoms with Crippen LogP contribution in [0, 0.1) is 12.8 Å². The molecule has 2 atom stereocenters. The Balaban J connectivity index is 1.90. The minimum Gasteiger partial charge on any atom is -0.353 e. The van der Waals surface area contributed by atoms with E-state index in [1.165, 1.54) is 44.2 Å². The Labute approximate surface area is 109 Å². The molecular weight excluding hydrogens is 222 g/mol. The minimum absolute atomic E-state index is 0.609. The van der Waals surface area contributed by atoms with E-state index in [-0.39, 0.29) is 0 Å². The molecule has 1 aromatic heterocycles. The fourth-order valence-corrected chi connectivity index (χ4v) is 3.72. The molecule has 2 N–H and O–H groups in total. The van der Waals surface area contributed by atoms with E-state index in [1.807, 2.05) is 0 Å². The van der Waals surface area contributed by atoms with Gasteiger partial charge in [-0.2, -0.15) is 0 Å². The van der Waals surface area contributed by atoms with Gasteiger partial charge < -0.3 is 10.6 Å². The van der Waals surface area contributed by atoms with Crippen molar-refractivity contribution in [2.45, 2.75) is 51.6 Å². The van der Waals surface area contributed by atoms with E-state index in [2.05, 4.69) is 24.0 Å². The molecule has 1 aromatic rings. The first-order chi connectivity index (χ1) is 8.78. The van der Waals surface area contributed by atoms with Crippen LogP contribution in [0.5, 0.6) is 0 Å². The van der Waals surface area contributed by atoms with Gasteiger partial charge in [0.2, 0.25) is 0 Å². The van der Waals surface area contributed by atoms with Crippen molar-refractivity contribution in [2.75, 3.05) is 11.4 Å². The quantitative estimate of drug-likeness (QED) is 0.871. The summed E-state index contributed by atoms with van der Waals surface area (Å²) in [5, 5.41) is 0. The van der Waals surface area contributed by atoms with E-state index < -0.39 is 0 Å². The molecule has 3 rings (SSSR count). The average molecular weight is 245 g/mol. The molecule has 2 unspecified atom stereocenters. The van der Waals surface area contributed by atoms with Crippen LogP contribution >= 0.6 is 0 Å². The summed E-state index contributed by atoms with van der Waals surface area (Å²) in [5.74, 6) is 2.06. The third-order valence-electron chi connectivity index (χ3n) is 4.52. The van der Waals surface area contributed by atoms with Crippen molar-refractivity contribution in [1.82, 2.24) is 4.98 Å². The standard InChI is InChI=1S/C15H23N3/c1-11-8-12(10-16)9-15(17-11)18-7-3-5-13-4-2-6-14(13)18/h8-9,13-14H,2-7,10,16H2,1H3. The normalized spacial score (nSPS) is 27.3. The van der Waals surface area contributed by atoms with Crippen LogP contribution < -0.4 is 10.6 Å². The highest BCUT2D eigenvalue weighted by Crippen LogP contribution is 2.38. The highest BCUT2D eigenvalue weighted by molar-refractivity contribution is 5.44. The summed E-state index contributed by atoms with van der Waals surface area (Å²) in [5.41, 5.74) is 8.07. The molecule has 0 radical (unpaired) electrons. The second kappa shape index (κ2) is 4.88. The number of fused-ring (bicyclic) bond motifs is 1. The van der Waals surface area contributed by atoms with Crippen LogP contribution in [0.3, 0.4) is 0 Å². The average Bonchev–Trinajstić information content (AvgIpc) is 2.85. The number of aromatic nitrogens is 1. The zero-order chi connectivity index (χ0) is 12.5. The van der Waals surface area contributed by atoms with Crippen molar-refractivity contribution in [1.29, 1.82) is 0 Å². The Morgan fingerprint density at radius 3 is 2.94 bits per heavy atom. The SMILES string of the molecule is Cc1cc(CN)cc(N2CCCC3CCCC32)n1. The second-order valence-electron chi connectivity index (χ2n) is 5.77. The van der Waals surface area contributed by atoms with Crippen LogP contribution in [-0.2, 0) is 6.54 Å². The molecule has 1 saturated heterocycles. The van der Waals surface area contributed by atoms with Crippen molar-refractivity contribution in [3.8, 4) is 0 Å². The van der Waals surface area contributed by atoms with Crippen molar-refractivity contribution in [3.63, 3.8) is 0 Å². The van der Waals surface area contributed by atoms with Crippen LogP contribution in [0.15, 0.2) is 12.1 Å². The fourth-order valence-electron chi connectivity index (χ4n) is 3.72. The lowest BCUT2D eigenvalue weighted by Crippen LogP contribution is -2.43. The molecular formula is C15H23N3. The Kier molecular flexibility index (Phi) is 3.25. The van der Waals surface area contributed by atoms with Gasteiger partial charge in [-0.3, -0.25) is 0 Å². The van der Waals surface area contributed by atoms with Gasteiger partial charge in [0.1, 0.15) is 5.82 Å². The van der Waals surface area contributed by atoms with Gasteiger partial charge in [-0.15, -0.1) is 0 Å². The maximum absolute atomic E-state index is 5.78. The minimum atomic E-state index is 0.609. The Hall–Kier alpha value is -1.09. The highest BCUT2D eigenvalue weighted by atomic mass is 15.2. The molecule has 0 bridgehead atoms. The van der Waals surface area contributed by atoms with E-state index in [4.69, 9.17) is 10.7 Å². The van der Waals surface area contributed by atoms with E-state index >= 15 is 0 Å². The van der Waals surface area contributed by atoms with Gasteiger partial charge in [0.25, 0.3) is 0 Å². The lowest BCUT2D eigenvalue weighted by molar-refractivity contribution is 0.360. The number of hydrogen-bond donors (Lipinski definition) is 1. The summed E-state index contributed by atoms with van der Waals surface area (Å²) >= 11 is 0. The summed E-state index contributed by atoms with van der Waals surface area (Å²) in [6.07, 6.45) is 6.88. The number of pyridine rings is 1. The van der Waals surface area contributed by atoms with Gasteiger partial charge >= 0.3 is 0 Å². The van der Waals surface area contributed by atoms with Crippen molar-refractivity contribution >= 4 is 5.82 Å². The smallest absolute Gasteiger partial charge is 0.129 e. The molecule has 0 amide bonds. The summed E-state index contributed by atoms with van der Waals surface area (Å²) in [4.78, 5) is 7.29. The maximum atomic E-state index is 5.78. The summed E-state index contributed by atoms with van der Waals surface area (Å²) in [7, 11) is 0. The number of nitrogens with two attached hydrogens (primary N) is 1. The lowest BCUT2D eigenvalue weighted by atomic mass is 9.92. The topological polar surface area (TPSA) is 42.1 Å². The largest absolute Gasteiger partial charge is 0.353 e. The number of anilines is 1. The first-order valence-electron chi connectivity index (χ1n) is 7.22. The monoisotopic (exact) mass is 245 g/mol. The van der Waals surface area contributed by atoms with Crippen molar-refractivity contribution in [2.24, 2.45) is 11.7 Å². The first kappa shape index (κ1) is 12.0. The molecule has 98 valence electrons. The molecule has 0 aromatic carbocycles. The summed E-state index contributed by atoms with van der Waals surface area (Å²) in [6.45, 7) is 3.85. The zero-order valence-corrected chi connectivity index (χ0v) is 11.2. The number of hydrogen-bond acceptors (Lipinski definition) is 3. The Bertz CT molecular complexity index is 430. The summed E-state index contributed by atoms with van der Waals surface area (Å²) < 4.78 is 0. The fraction of sp³-hybridized carbons (Fsp3) is 0.667. The third kappa shape index (κ3) is 2.12. The molecule has 1 saturated carbocycles. The predicted octanol–water partition coefficient (Wildman–Crippen LogP) is 2.62. The van der Waals surface area contributed by atoms with Gasteiger partial charge in [0, 0.05) is 24.8 Å². The van der Waals surface area contributed by atoms with E-state index in [1.54, 1.807) is 0 Å². The van der Waals surface area contributed by atoms with Gasteiger partial charge in [-0.05, 0) is 56.2 Å². The molecule has 3 heteroatoms. The first-order valence-corrected chi connectivity index (χ1v) is 7.22. The molecule has 2 fully saturated rings. The van der Waals surface area contributed by atoms with Gasteiger partial charge in [-0.25, -0.2) is 4.98 Å². The second-order valence-corrected chi connectivity index (χ2v) is 5.77. The molecule has 1 aliphatic heterocycles. The molecule has 3 nitrogen and oxygen atoms in total. The summed E-state index contributed by atoms with van der Waals surface area (Å²) in [6, 6.07) is 5.02. The van der Waals surface area contributed by atoms with Crippen LogP contribution in [0.4, 0.5) is 5.82 Å². The van der Waals surface area contributed by atoms with E-state index in [0.29, 0.717) is 6.54 Å². The predicted molar refractivity (Wildman–Crippen MR) is 74.6 cm³/mol. The molecule has 2 heterocycles. The van der Waals surface area contributed by atoms with Crippen LogP contribution in [0.25, 0.3) is 0 Å². The molecule has 0 spiro atoms. The van der Waals surface area contributed by atoms with Crippen LogP contribution in [-0.4, -0.2) is 17.6 Å². The Morgan fingerprint density at radius 2 is 2.11 bits per heavy atom. The van der Waals surface area contributed by atoms with E-state index in [9.17, 15) is 0 Å². The number of piperidine rings is 1. The van der Waals surface area contributed by atoms with Crippen molar-refractivity contribution < 1.29 is 0 Å². The van der Waals surface area contributed by atoms with E-state index in [0.717, 1.165) is 23.5 Å². The number of aryl methyl sites for hydroxylation is 1. The highest BCUT2D eigenvalue weighted by Gasteiger charge is 2.35. The third-order valence-corrected chi connectivity index (χ3v) is 4.52. The zero-order valence-electron chi connectivity index (χ0n) is 11.2. The Morgan fingerprint density at radius 1 is 1.28 bits per heavy atom. The lowest BCUT2D eigenvalue weighted by Gasteiger charge is -2.39.